The Kier molecular flexibility index (Phi) is 6.26. The van der Waals surface area contributed by atoms with E-state index >= 15 is 0 Å². The number of rotatable bonds is 6. The third-order valence-corrected chi connectivity index (χ3v) is 7.39. The molecule has 0 aliphatic carbocycles. The van der Waals surface area contributed by atoms with Gasteiger partial charge in [-0.2, -0.15) is 4.31 Å². The topological polar surface area (TPSA) is 75.2 Å². The van der Waals surface area contributed by atoms with Crippen molar-refractivity contribution in [2.24, 2.45) is 0 Å². The van der Waals surface area contributed by atoms with Gasteiger partial charge in [-0.15, -0.1) is 13.2 Å². The number of benzene rings is 4. The van der Waals surface area contributed by atoms with Gasteiger partial charge in [-0.3, -0.25) is 0 Å². The number of anilines is 3. The molecule has 1 heterocycles. The number of sulfonamides is 1. The molecule has 0 saturated carbocycles. The third-order valence-electron chi connectivity index (χ3n) is 5.62. The molecule has 0 amide bonds. The van der Waals surface area contributed by atoms with Gasteiger partial charge in [0.15, 0.2) is 0 Å². The SMILES string of the molecule is O=S(=O)(c1ccccc1)N(c1ccc(Nc2cc(-c3cccc4ccccc34)ncn2)cc1)C(F)(F)F. The van der Waals surface area contributed by atoms with E-state index in [0.717, 1.165) is 40.6 Å². The quantitative estimate of drug-likeness (QED) is 0.251. The zero-order valence-electron chi connectivity index (χ0n) is 19.1. The summed E-state index contributed by atoms with van der Waals surface area (Å²) in [5.41, 5.74) is 1.46. The summed E-state index contributed by atoms with van der Waals surface area (Å²) in [6.45, 7) is 0. The van der Waals surface area contributed by atoms with Crippen LogP contribution in [0, 0.1) is 0 Å². The lowest BCUT2D eigenvalue weighted by molar-refractivity contribution is -0.115. The summed E-state index contributed by atoms with van der Waals surface area (Å²) in [6, 6.07) is 26.9. The highest BCUT2D eigenvalue weighted by Gasteiger charge is 2.46. The van der Waals surface area contributed by atoms with Crippen molar-refractivity contribution >= 4 is 38.0 Å². The summed E-state index contributed by atoms with van der Waals surface area (Å²) in [4.78, 5) is 8.12. The Labute approximate surface area is 211 Å². The molecule has 0 saturated heterocycles. The van der Waals surface area contributed by atoms with E-state index in [1.165, 1.54) is 36.7 Å². The summed E-state index contributed by atoms with van der Waals surface area (Å²) in [5.74, 6) is 0.426. The lowest BCUT2D eigenvalue weighted by Gasteiger charge is -2.26. The highest BCUT2D eigenvalue weighted by molar-refractivity contribution is 7.92. The summed E-state index contributed by atoms with van der Waals surface area (Å²) < 4.78 is 66.6. The second-order valence-electron chi connectivity index (χ2n) is 8.04. The van der Waals surface area contributed by atoms with Crippen molar-refractivity contribution in [3.63, 3.8) is 0 Å². The first-order valence-corrected chi connectivity index (χ1v) is 12.5. The summed E-state index contributed by atoms with van der Waals surface area (Å²) >= 11 is 0. The molecule has 4 aromatic carbocycles. The molecular formula is C27H19F3N4O2S. The average molecular weight is 521 g/mol. The number of halogens is 3. The van der Waals surface area contributed by atoms with Gasteiger partial charge in [0.25, 0.3) is 10.0 Å². The molecule has 186 valence electrons. The number of hydrogen-bond donors (Lipinski definition) is 1. The Hall–Kier alpha value is -4.44. The van der Waals surface area contributed by atoms with Crippen LogP contribution in [0.1, 0.15) is 0 Å². The molecule has 0 aliphatic heterocycles. The molecular weight excluding hydrogens is 501 g/mol. The van der Waals surface area contributed by atoms with Gasteiger partial charge >= 0.3 is 6.30 Å². The molecule has 37 heavy (non-hydrogen) atoms. The van der Waals surface area contributed by atoms with Crippen molar-refractivity contribution in [1.29, 1.82) is 0 Å². The van der Waals surface area contributed by atoms with E-state index < -0.39 is 31.2 Å². The molecule has 6 nitrogen and oxygen atoms in total. The molecule has 1 aromatic heterocycles. The van der Waals surface area contributed by atoms with Crippen LogP contribution in [0.5, 0.6) is 0 Å². The lowest BCUT2D eigenvalue weighted by Crippen LogP contribution is -2.42. The average Bonchev–Trinajstić information content (AvgIpc) is 2.89. The van der Waals surface area contributed by atoms with Crippen LogP contribution in [0.4, 0.5) is 30.4 Å². The van der Waals surface area contributed by atoms with Gasteiger partial charge in [0.1, 0.15) is 12.1 Å². The zero-order chi connectivity index (χ0) is 26.0. The van der Waals surface area contributed by atoms with E-state index in [9.17, 15) is 21.6 Å². The van der Waals surface area contributed by atoms with Crippen LogP contribution in [0.15, 0.2) is 114 Å². The number of alkyl halides is 3. The van der Waals surface area contributed by atoms with Crippen LogP contribution in [-0.4, -0.2) is 24.7 Å². The van der Waals surface area contributed by atoms with Gasteiger partial charge in [0.05, 0.1) is 16.3 Å². The van der Waals surface area contributed by atoms with Gasteiger partial charge in [0.2, 0.25) is 0 Å². The van der Waals surface area contributed by atoms with Crippen molar-refractivity contribution in [2.45, 2.75) is 11.2 Å². The van der Waals surface area contributed by atoms with Crippen molar-refractivity contribution < 1.29 is 21.6 Å². The van der Waals surface area contributed by atoms with E-state index in [1.807, 2.05) is 42.5 Å². The maximum atomic E-state index is 13.9. The van der Waals surface area contributed by atoms with Gasteiger partial charge in [0, 0.05) is 17.3 Å². The minimum Gasteiger partial charge on any atom is -0.340 e. The molecule has 0 spiro atoms. The second kappa shape index (κ2) is 9.55. The van der Waals surface area contributed by atoms with Crippen LogP contribution < -0.4 is 9.62 Å². The molecule has 0 bridgehead atoms. The first kappa shape index (κ1) is 24.3. The fraction of sp³-hybridized carbons (Fsp3) is 0.0370. The number of nitrogens with zero attached hydrogens (tertiary/aromatic N) is 3. The van der Waals surface area contributed by atoms with Crippen LogP contribution in [0.2, 0.25) is 0 Å². The van der Waals surface area contributed by atoms with E-state index in [-0.39, 0.29) is 0 Å². The first-order valence-electron chi connectivity index (χ1n) is 11.1. The summed E-state index contributed by atoms with van der Waals surface area (Å²) in [7, 11) is -4.87. The monoisotopic (exact) mass is 520 g/mol. The molecule has 1 N–H and O–H groups in total. The van der Waals surface area contributed by atoms with E-state index in [2.05, 4.69) is 15.3 Å². The number of hydrogen-bond acceptors (Lipinski definition) is 5. The van der Waals surface area contributed by atoms with Gasteiger partial charge in [-0.05, 0) is 47.2 Å². The molecule has 5 aromatic rings. The van der Waals surface area contributed by atoms with Crippen molar-refractivity contribution in [1.82, 2.24) is 9.97 Å². The largest absolute Gasteiger partial charge is 0.498 e. The predicted octanol–water partition coefficient (Wildman–Crippen LogP) is 6.76. The Morgan fingerprint density at radius 3 is 2.16 bits per heavy atom. The molecule has 0 aliphatic rings. The smallest absolute Gasteiger partial charge is 0.340 e. The second-order valence-corrected chi connectivity index (χ2v) is 9.82. The fourth-order valence-corrected chi connectivity index (χ4v) is 5.35. The molecule has 0 radical (unpaired) electrons. The molecule has 0 fully saturated rings. The first-order chi connectivity index (χ1) is 17.7. The molecule has 0 atom stereocenters. The molecule has 5 rings (SSSR count). The standard InChI is InChI=1S/C27H19F3N4O2S/c28-27(29,30)34(37(35,36)22-9-2-1-3-10-22)21-15-13-20(14-16-21)33-26-17-25(31-18-32-26)24-12-6-8-19-7-4-5-11-23(19)24/h1-18H,(H,31,32,33). The third kappa shape index (κ3) is 4.96. The molecule has 0 unspecified atom stereocenters. The van der Waals surface area contributed by atoms with E-state index in [1.54, 1.807) is 6.07 Å². The Bertz CT molecular complexity index is 1650. The summed E-state index contributed by atoms with van der Waals surface area (Å²) in [6.07, 6.45) is -3.77. The van der Waals surface area contributed by atoms with Crippen LogP contribution in [0.3, 0.4) is 0 Å². The number of nitrogens with one attached hydrogen (secondary N) is 1. The van der Waals surface area contributed by atoms with E-state index in [4.69, 9.17) is 0 Å². The number of aromatic nitrogens is 2. The normalized spacial score (nSPS) is 11.9. The van der Waals surface area contributed by atoms with Crippen LogP contribution in [-0.2, 0) is 10.0 Å². The summed E-state index contributed by atoms with van der Waals surface area (Å²) in [5, 5.41) is 5.12. The minimum absolute atomic E-state index is 0.422. The minimum atomic E-state index is -5.16. The Morgan fingerprint density at radius 2 is 1.43 bits per heavy atom. The highest BCUT2D eigenvalue weighted by atomic mass is 32.2. The number of fused-ring (bicyclic) bond motifs is 1. The van der Waals surface area contributed by atoms with Gasteiger partial charge < -0.3 is 5.32 Å². The zero-order valence-corrected chi connectivity index (χ0v) is 19.9. The van der Waals surface area contributed by atoms with Gasteiger partial charge in [-0.1, -0.05) is 60.7 Å². The lowest BCUT2D eigenvalue weighted by atomic mass is 10.0. The maximum absolute atomic E-state index is 13.9. The van der Waals surface area contributed by atoms with Crippen molar-refractivity contribution in [3.8, 4) is 11.3 Å². The van der Waals surface area contributed by atoms with Crippen LogP contribution >= 0.6 is 0 Å². The molecule has 10 heteroatoms. The van der Waals surface area contributed by atoms with Gasteiger partial charge in [-0.25, -0.2) is 18.4 Å². The van der Waals surface area contributed by atoms with Crippen LogP contribution in [0.25, 0.3) is 22.0 Å². The Balaban J connectivity index is 1.43. The maximum Gasteiger partial charge on any atom is 0.498 e. The van der Waals surface area contributed by atoms with E-state index in [0.29, 0.717) is 17.2 Å². The van der Waals surface area contributed by atoms with Crippen molar-refractivity contribution in [2.75, 3.05) is 9.62 Å². The predicted molar refractivity (Wildman–Crippen MR) is 137 cm³/mol. The van der Waals surface area contributed by atoms with Crippen molar-refractivity contribution in [3.05, 3.63) is 109 Å². The highest BCUT2D eigenvalue weighted by Crippen LogP contribution is 2.35. The fourth-order valence-electron chi connectivity index (χ4n) is 3.97. The Morgan fingerprint density at radius 1 is 0.757 bits per heavy atom.